The molecule has 0 bridgehead atoms. The fraction of sp³-hybridized carbons (Fsp3) is 0.214. The molecule has 1 aromatic heterocycles. The van der Waals surface area contributed by atoms with Crippen molar-refractivity contribution in [3.63, 3.8) is 0 Å². The molecular weight excluding hydrogens is 248 g/mol. The average molecular weight is 263 g/mol. The van der Waals surface area contributed by atoms with E-state index in [2.05, 4.69) is 4.98 Å². The maximum Gasteiger partial charge on any atom is 0.159 e. The highest BCUT2D eigenvalue weighted by molar-refractivity contribution is 5.52. The minimum absolute atomic E-state index is 0.438. The summed E-state index contributed by atoms with van der Waals surface area (Å²) in [5.41, 5.74) is 7.95. The van der Waals surface area contributed by atoms with Gasteiger partial charge in [-0.25, -0.2) is 13.8 Å². The van der Waals surface area contributed by atoms with E-state index >= 15 is 0 Å². The highest BCUT2D eigenvalue weighted by Gasteiger charge is 2.08. The van der Waals surface area contributed by atoms with Gasteiger partial charge in [-0.15, -0.1) is 0 Å². The van der Waals surface area contributed by atoms with Crippen LogP contribution in [0.15, 0.2) is 30.5 Å². The smallest absolute Gasteiger partial charge is 0.159 e. The summed E-state index contributed by atoms with van der Waals surface area (Å²) in [5.74, 6) is -0.948. The van der Waals surface area contributed by atoms with Crippen molar-refractivity contribution < 1.29 is 8.78 Å². The Morgan fingerprint density at radius 2 is 1.95 bits per heavy atom. The second kappa shape index (κ2) is 5.22. The fourth-order valence-electron chi connectivity index (χ4n) is 1.75. The van der Waals surface area contributed by atoms with Crippen LogP contribution in [0.1, 0.15) is 11.1 Å². The zero-order valence-corrected chi connectivity index (χ0v) is 10.8. The zero-order chi connectivity index (χ0) is 14.0. The lowest BCUT2D eigenvalue weighted by Crippen LogP contribution is -2.18. The number of benzene rings is 1. The molecule has 0 saturated carbocycles. The summed E-state index contributed by atoms with van der Waals surface area (Å²) < 4.78 is 26.0. The van der Waals surface area contributed by atoms with Crippen molar-refractivity contribution in [3.8, 4) is 0 Å². The number of nitrogens with zero attached hydrogens (tertiary/aromatic N) is 2. The predicted molar refractivity (Wildman–Crippen MR) is 71.9 cm³/mol. The van der Waals surface area contributed by atoms with E-state index < -0.39 is 11.6 Å². The Bertz CT molecular complexity index is 599. The van der Waals surface area contributed by atoms with Crippen LogP contribution in [0.2, 0.25) is 0 Å². The zero-order valence-electron chi connectivity index (χ0n) is 10.8. The maximum absolute atomic E-state index is 13.1. The van der Waals surface area contributed by atoms with Crippen LogP contribution in [0.25, 0.3) is 0 Å². The summed E-state index contributed by atoms with van der Waals surface area (Å²) in [4.78, 5) is 6.05. The van der Waals surface area contributed by atoms with Crippen molar-refractivity contribution in [1.82, 2.24) is 4.98 Å². The Balaban J connectivity index is 2.17. The van der Waals surface area contributed by atoms with Crippen LogP contribution in [0.4, 0.5) is 20.3 Å². The molecule has 5 heteroatoms. The summed E-state index contributed by atoms with van der Waals surface area (Å²) in [7, 11) is 1.83. The molecule has 0 aliphatic heterocycles. The lowest BCUT2D eigenvalue weighted by Gasteiger charge is -2.19. The molecule has 0 aliphatic carbocycles. The Hall–Kier alpha value is -2.17. The molecule has 0 saturated heterocycles. The number of pyridine rings is 1. The lowest BCUT2D eigenvalue weighted by atomic mass is 10.2. The first-order valence-electron chi connectivity index (χ1n) is 5.84. The molecule has 2 N–H and O–H groups in total. The second-order valence-corrected chi connectivity index (χ2v) is 4.50. The van der Waals surface area contributed by atoms with Crippen LogP contribution in [-0.4, -0.2) is 12.0 Å². The lowest BCUT2D eigenvalue weighted by molar-refractivity contribution is 0.507. The van der Waals surface area contributed by atoms with Gasteiger partial charge in [0, 0.05) is 13.6 Å². The molecule has 0 unspecified atom stereocenters. The Morgan fingerprint density at radius 1 is 1.21 bits per heavy atom. The van der Waals surface area contributed by atoms with Gasteiger partial charge in [0.25, 0.3) is 0 Å². The van der Waals surface area contributed by atoms with E-state index in [1.807, 2.05) is 24.9 Å². The van der Waals surface area contributed by atoms with Crippen molar-refractivity contribution in [2.45, 2.75) is 13.5 Å². The van der Waals surface area contributed by atoms with E-state index in [1.54, 1.807) is 12.3 Å². The topological polar surface area (TPSA) is 42.2 Å². The van der Waals surface area contributed by atoms with Gasteiger partial charge in [0.15, 0.2) is 11.6 Å². The third-order valence-electron chi connectivity index (χ3n) is 2.93. The van der Waals surface area contributed by atoms with E-state index in [-0.39, 0.29) is 0 Å². The summed E-state index contributed by atoms with van der Waals surface area (Å²) in [6.45, 7) is 2.33. The summed E-state index contributed by atoms with van der Waals surface area (Å²) in [6.07, 6.45) is 1.59. The van der Waals surface area contributed by atoms with Crippen LogP contribution >= 0.6 is 0 Å². The Labute approximate surface area is 110 Å². The molecule has 0 aliphatic rings. The van der Waals surface area contributed by atoms with Crippen molar-refractivity contribution in [3.05, 3.63) is 53.2 Å². The van der Waals surface area contributed by atoms with E-state index in [4.69, 9.17) is 5.73 Å². The van der Waals surface area contributed by atoms with E-state index in [0.717, 1.165) is 17.4 Å². The minimum atomic E-state index is -0.840. The normalized spacial score (nSPS) is 10.5. The highest BCUT2D eigenvalue weighted by atomic mass is 19.2. The molecule has 0 radical (unpaired) electrons. The molecule has 1 heterocycles. The van der Waals surface area contributed by atoms with E-state index in [9.17, 15) is 8.78 Å². The Morgan fingerprint density at radius 3 is 2.58 bits per heavy atom. The van der Waals surface area contributed by atoms with Crippen LogP contribution in [-0.2, 0) is 6.54 Å². The number of halogens is 2. The Kier molecular flexibility index (Phi) is 3.64. The molecule has 2 rings (SSSR count). The number of anilines is 2. The first-order chi connectivity index (χ1) is 8.97. The number of hydrogen-bond donors (Lipinski definition) is 1. The maximum atomic E-state index is 13.1. The van der Waals surface area contributed by atoms with E-state index in [1.165, 1.54) is 6.07 Å². The monoisotopic (exact) mass is 263 g/mol. The summed E-state index contributed by atoms with van der Waals surface area (Å²) >= 11 is 0. The number of hydrogen-bond acceptors (Lipinski definition) is 3. The van der Waals surface area contributed by atoms with Gasteiger partial charge in [-0.3, -0.25) is 0 Å². The molecule has 0 spiro atoms. The third-order valence-corrected chi connectivity index (χ3v) is 2.93. The van der Waals surface area contributed by atoms with Crippen molar-refractivity contribution in [2.24, 2.45) is 0 Å². The average Bonchev–Trinajstić information content (AvgIpc) is 2.37. The predicted octanol–water partition coefficient (Wildman–Crippen LogP) is 2.89. The van der Waals surface area contributed by atoms with Gasteiger partial charge in [0.2, 0.25) is 0 Å². The number of nitrogens with two attached hydrogens (primary N) is 1. The number of nitrogen functional groups attached to an aromatic ring is 1. The standard InChI is InChI=1S/C14H15F2N3/c1-9-5-14(18-7-13(9)17)19(2)8-10-3-4-11(15)12(16)6-10/h3-7H,8,17H2,1-2H3. The minimum Gasteiger partial charge on any atom is -0.397 e. The van der Waals surface area contributed by atoms with Crippen LogP contribution in [0.5, 0.6) is 0 Å². The SMILES string of the molecule is Cc1cc(N(C)Cc2ccc(F)c(F)c2)ncc1N. The molecular formula is C14H15F2N3. The van der Waals surface area contributed by atoms with Crippen molar-refractivity contribution >= 4 is 11.5 Å². The van der Waals surface area contributed by atoms with Crippen molar-refractivity contribution in [1.29, 1.82) is 0 Å². The first kappa shape index (κ1) is 13.3. The van der Waals surface area contributed by atoms with Gasteiger partial charge in [0.1, 0.15) is 5.82 Å². The quantitative estimate of drug-likeness (QED) is 0.925. The van der Waals surface area contributed by atoms with Gasteiger partial charge >= 0.3 is 0 Å². The molecule has 100 valence electrons. The van der Waals surface area contributed by atoms with Gasteiger partial charge in [-0.2, -0.15) is 0 Å². The van der Waals surface area contributed by atoms with Gasteiger partial charge < -0.3 is 10.6 Å². The number of aryl methyl sites for hydroxylation is 1. The molecule has 19 heavy (non-hydrogen) atoms. The second-order valence-electron chi connectivity index (χ2n) is 4.50. The number of rotatable bonds is 3. The van der Waals surface area contributed by atoms with Crippen molar-refractivity contribution in [2.75, 3.05) is 17.7 Å². The number of aromatic nitrogens is 1. The summed E-state index contributed by atoms with van der Waals surface area (Å²) in [5, 5.41) is 0. The summed E-state index contributed by atoms with van der Waals surface area (Å²) in [6, 6.07) is 5.73. The molecule has 3 nitrogen and oxygen atoms in total. The molecule has 0 fully saturated rings. The van der Waals surface area contributed by atoms with Crippen LogP contribution in [0.3, 0.4) is 0 Å². The van der Waals surface area contributed by atoms with Gasteiger partial charge in [-0.1, -0.05) is 6.07 Å². The molecule has 0 atom stereocenters. The highest BCUT2D eigenvalue weighted by Crippen LogP contribution is 2.18. The largest absolute Gasteiger partial charge is 0.397 e. The van der Waals surface area contributed by atoms with E-state index in [0.29, 0.717) is 17.8 Å². The van der Waals surface area contributed by atoms with Gasteiger partial charge in [-0.05, 0) is 36.2 Å². The molecule has 1 aromatic carbocycles. The van der Waals surface area contributed by atoms with Gasteiger partial charge in [0.05, 0.1) is 11.9 Å². The molecule has 0 amide bonds. The van der Waals surface area contributed by atoms with Crippen LogP contribution in [0, 0.1) is 18.6 Å². The third kappa shape index (κ3) is 2.99. The molecule has 2 aromatic rings. The first-order valence-corrected chi connectivity index (χ1v) is 5.84. The fourth-order valence-corrected chi connectivity index (χ4v) is 1.75. The van der Waals surface area contributed by atoms with Crippen LogP contribution < -0.4 is 10.6 Å².